The minimum Gasteiger partial charge on any atom is -0.341 e. The number of hydrogen-bond acceptors (Lipinski definition) is 2. The van der Waals surface area contributed by atoms with Crippen LogP contribution in [0.25, 0.3) is 0 Å². The fourth-order valence-electron chi connectivity index (χ4n) is 2.10. The molecular formula is C16H25BrN2O. The van der Waals surface area contributed by atoms with Gasteiger partial charge in [0.15, 0.2) is 0 Å². The van der Waals surface area contributed by atoms with Gasteiger partial charge in [-0.15, -0.1) is 0 Å². The van der Waals surface area contributed by atoms with Crippen LogP contribution in [0, 0.1) is 5.41 Å². The Hall–Kier alpha value is -0.870. The lowest BCUT2D eigenvalue weighted by molar-refractivity contribution is -0.131. The Morgan fingerprint density at radius 3 is 2.40 bits per heavy atom. The molecule has 0 saturated heterocycles. The van der Waals surface area contributed by atoms with Crippen molar-refractivity contribution in [3.8, 4) is 0 Å². The summed E-state index contributed by atoms with van der Waals surface area (Å²) in [5.41, 5.74) is 6.88. The lowest BCUT2D eigenvalue weighted by atomic mass is 9.84. The summed E-state index contributed by atoms with van der Waals surface area (Å²) in [5.74, 6) is 0.193. The quantitative estimate of drug-likeness (QED) is 0.824. The Morgan fingerprint density at radius 2 is 1.85 bits per heavy atom. The largest absolute Gasteiger partial charge is 0.341 e. The van der Waals surface area contributed by atoms with Gasteiger partial charge in [0.25, 0.3) is 0 Å². The van der Waals surface area contributed by atoms with Gasteiger partial charge in [0.2, 0.25) is 5.91 Å². The van der Waals surface area contributed by atoms with Gasteiger partial charge in [-0.2, -0.15) is 0 Å². The van der Waals surface area contributed by atoms with Crippen LogP contribution in [0.2, 0.25) is 0 Å². The van der Waals surface area contributed by atoms with E-state index >= 15 is 0 Å². The Labute approximate surface area is 130 Å². The third kappa shape index (κ3) is 6.06. The first-order valence-corrected chi connectivity index (χ1v) is 7.82. The maximum absolute atomic E-state index is 12.2. The normalized spacial score (nSPS) is 11.4. The predicted octanol–water partition coefficient (Wildman–Crippen LogP) is 3.56. The Morgan fingerprint density at radius 1 is 1.25 bits per heavy atom. The number of halogens is 1. The molecule has 0 bridgehead atoms. The van der Waals surface area contributed by atoms with E-state index in [1.165, 1.54) is 0 Å². The van der Waals surface area contributed by atoms with Crippen LogP contribution in [0.5, 0.6) is 0 Å². The first-order chi connectivity index (χ1) is 9.34. The number of carbonyl (C=O) groups is 1. The van der Waals surface area contributed by atoms with Crippen molar-refractivity contribution in [2.24, 2.45) is 11.1 Å². The zero-order valence-electron chi connectivity index (χ0n) is 12.7. The fraction of sp³-hybridized carbons (Fsp3) is 0.562. The van der Waals surface area contributed by atoms with E-state index in [9.17, 15) is 4.79 Å². The number of carbonyl (C=O) groups excluding carboxylic acids is 1. The molecule has 0 aliphatic rings. The highest BCUT2D eigenvalue weighted by atomic mass is 79.9. The number of nitrogens with two attached hydrogens (primary N) is 1. The van der Waals surface area contributed by atoms with Crippen molar-refractivity contribution in [1.29, 1.82) is 0 Å². The molecule has 2 N–H and O–H groups in total. The van der Waals surface area contributed by atoms with Gasteiger partial charge in [-0.3, -0.25) is 4.79 Å². The molecule has 1 rings (SSSR count). The molecule has 0 aliphatic carbocycles. The summed E-state index contributed by atoms with van der Waals surface area (Å²) in [6.45, 7) is 5.67. The Kier molecular flexibility index (Phi) is 6.69. The summed E-state index contributed by atoms with van der Waals surface area (Å²) < 4.78 is 1.05. The standard InChI is InChI=1S/C16H25BrN2O/c1-16(2,10-11-18)9-8-15(20)19(3)12-13-4-6-14(17)7-5-13/h4-7H,8-12,18H2,1-3H3. The van der Waals surface area contributed by atoms with Gasteiger partial charge in [0.05, 0.1) is 0 Å². The van der Waals surface area contributed by atoms with E-state index in [-0.39, 0.29) is 11.3 Å². The van der Waals surface area contributed by atoms with E-state index in [0.29, 0.717) is 19.5 Å². The third-order valence-corrected chi connectivity index (χ3v) is 4.12. The van der Waals surface area contributed by atoms with Crippen LogP contribution in [0.3, 0.4) is 0 Å². The van der Waals surface area contributed by atoms with Crippen molar-refractivity contribution in [2.45, 2.75) is 39.7 Å². The first-order valence-electron chi connectivity index (χ1n) is 7.02. The maximum Gasteiger partial charge on any atom is 0.222 e. The van der Waals surface area contributed by atoms with E-state index in [2.05, 4.69) is 29.8 Å². The molecule has 0 heterocycles. The van der Waals surface area contributed by atoms with E-state index in [1.807, 2.05) is 31.3 Å². The molecule has 0 unspecified atom stereocenters. The van der Waals surface area contributed by atoms with Crippen LogP contribution >= 0.6 is 15.9 Å². The van der Waals surface area contributed by atoms with Gasteiger partial charge in [0, 0.05) is 24.5 Å². The molecule has 112 valence electrons. The lowest BCUT2D eigenvalue weighted by Gasteiger charge is -2.25. The molecule has 0 fully saturated rings. The lowest BCUT2D eigenvalue weighted by Crippen LogP contribution is -2.28. The van der Waals surface area contributed by atoms with E-state index < -0.39 is 0 Å². The van der Waals surface area contributed by atoms with Crippen molar-refractivity contribution in [2.75, 3.05) is 13.6 Å². The molecule has 0 spiro atoms. The summed E-state index contributed by atoms with van der Waals surface area (Å²) >= 11 is 3.41. The minimum absolute atomic E-state index is 0.142. The summed E-state index contributed by atoms with van der Waals surface area (Å²) in [6.07, 6.45) is 2.42. The first kappa shape index (κ1) is 17.2. The molecule has 3 nitrogen and oxygen atoms in total. The summed E-state index contributed by atoms with van der Waals surface area (Å²) in [6, 6.07) is 8.06. The second-order valence-corrected chi connectivity index (χ2v) is 6.99. The number of rotatable bonds is 7. The number of benzene rings is 1. The number of nitrogens with zero attached hydrogens (tertiary/aromatic N) is 1. The van der Waals surface area contributed by atoms with Gasteiger partial charge in [-0.25, -0.2) is 0 Å². The van der Waals surface area contributed by atoms with Gasteiger partial charge < -0.3 is 10.6 Å². The average Bonchev–Trinajstić information content (AvgIpc) is 2.38. The molecule has 0 saturated carbocycles. The molecule has 1 aromatic carbocycles. The molecule has 4 heteroatoms. The van der Waals surface area contributed by atoms with Gasteiger partial charge in [-0.1, -0.05) is 41.9 Å². The molecule has 1 amide bonds. The summed E-state index contributed by atoms with van der Waals surface area (Å²) in [5, 5.41) is 0. The number of amides is 1. The van der Waals surface area contributed by atoms with Gasteiger partial charge >= 0.3 is 0 Å². The fourth-order valence-corrected chi connectivity index (χ4v) is 2.37. The van der Waals surface area contributed by atoms with Crippen LogP contribution in [0.1, 0.15) is 38.7 Å². The molecule has 0 aliphatic heterocycles. The molecule has 20 heavy (non-hydrogen) atoms. The molecule has 1 aromatic rings. The Bertz CT molecular complexity index is 429. The van der Waals surface area contributed by atoms with Crippen molar-refractivity contribution < 1.29 is 4.79 Å². The van der Waals surface area contributed by atoms with Crippen molar-refractivity contribution >= 4 is 21.8 Å². The molecule has 0 radical (unpaired) electrons. The molecule has 0 atom stereocenters. The van der Waals surface area contributed by atoms with Crippen LogP contribution in [-0.2, 0) is 11.3 Å². The topological polar surface area (TPSA) is 46.3 Å². The average molecular weight is 341 g/mol. The van der Waals surface area contributed by atoms with E-state index in [1.54, 1.807) is 4.90 Å². The van der Waals surface area contributed by atoms with Gasteiger partial charge in [-0.05, 0) is 42.5 Å². The smallest absolute Gasteiger partial charge is 0.222 e. The van der Waals surface area contributed by atoms with Gasteiger partial charge in [0.1, 0.15) is 0 Å². The van der Waals surface area contributed by atoms with E-state index in [4.69, 9.17) is 5.73 Å². The van der Waals surface area contributed by atoms with E-state index in [0.717, 1.165) is 22.9 Å². The van der Waals surface area contributed by atoms with Crippen LogP contribution in [0.4, 0.5) is 0 Å². The van der Waals surface area contributed by atoms with Crippen LogP contribution in [0.15, 0.2) is 28.7 Å². The zero-order valence-corrected chi connectivity index (χ0v) is 14.2. The second kappa shape index (κ2) is 7.79. The predicted molar refractivity (Wildman–Crippen MR) is 87.3 cm³/mol. The van der Waals surface area contributed by atoms with Crippen LogP contribution < -0.4 is 5.73 Å². The van der Waals surface area contributed by atoms with Crippen molar-refractivity contribution in [1.82, 2.24) is 4.90 Å². The monoisotopic (exact) mass is 340 g/mol. The van der Waals surface area contributed by atoms with Crippen LogP contribution in [-0.4, -0.2) is 24.4 Å². The second-order valence-electron chi connectivity index (χ2n) is 6.08. The molecule has 0 aromatic heterocycles. The minimum atomic E-state index is 0.142. The highest BCUT2D eigenvalue weighted by molar-refractivity contribution is 9.10. The Balaban J connectivity index is 2.45. The van der Waals surface area contributed by atoms with Crippen molar-refractivity contribution in [3.05, 3.63) is 34.3 Å². The highest BCUT2D eigenvalue weighted by Gasteiger charge is 2.19. The number of hydrogen-bond donors (Lipinski definition) is 1. The molecular weight excluding hydrogens is 316 g/mol. The third-order valence-electron chi connectivity index (χ3n) is 3.60. The highest BCUT2D eigenvalue weighted by Crippen LogP contribution is 2.26. The zero-order chi connectivity index (χ0) is 15.2. The SMILES string of the molecule is CN(Cc1ccc(Br)cc1)C(=O)CCC(C)(C)CCN. The summed E-state index contributed by atoms with van der Waals surface area (Å²) in [4.78, 5) is 13.9. The maximum atomic E-state index is 12.2. The summed E-state index contributed by atoms with van der Waals surface area (Å²) in [7, 11) is 1.86. The van der Waals surface area contributed by atoms with Crippen molar-refractivity contribution in [3.63, 3.8) is 0 Å².